The molecule has 0 atom stereocenters. The highest BCUT2D eigenvalue weighted by atomic mass is 32.2. The fourth-order valence-corrected chi connectivity index (χ4v) is 4.93. The number of anilines is 3. The van der Waals surface area contributed by atoms with E-state index >= 15 is 0 Å². The Bertz CT molecular complexity index is 1110. The van der Waals surface area contributed by atoms with Gasteiger partial charge in [-0.2, -0.15) is 4.31 Å². The second kappa shape index (κ2) is 8.99. The Morgan fingerprint density at radius 3 is 2.13 bits per heavy atom. The number of piperazine rings is 1. The smallest absolute Gasteiger partial charge is 0.218 e. The van der Waals surface area contributed by atoms with E-state index in [1.807, 2.05) is 62.4 Å². The van der Waals surface area contributed by atoms with Crippen molar-refractivity contribution in [3.63, 3.8) is 0 Å². The summed E-state index contributed by atoms with van der Waals surface area (Å²) in [5.74, 6) is 2.08. The van der Waals surface area contributed by atoms with Crippen molar-refractivity contribution in [1.82, 2.24) is 19.5 Å². The minimum Gasteiger partial charge on any atom is -0.352 e. The minimum absolute atomic E-state index is 0.0283. The summed E-state index contributed by atoms with van der Waals surface area (Å²) in [6.07, 6.45) is 1.79. The highest BCUT2D eigenvalue weighted by Gasteiger charge is 2.27. The van der Waals surface area contributed by atoms with Gasteiger partial charge in [0, 0.05) is 32.4 Å². The Kier molecular flexibility index (Phi) is 6.15. The van der Waals surface area contributed by atoms with Gasteiger partial charge < -0.3 is 10.2 Å². The first-order valence-corrected chi connectivity index (χ1v) is 11.8. The maximum atomic E-state index is 12.8. The maximum absolute atomic E-state index is 12.8. The van der Waals surface area contributed by atoms with Crippen molar-refractivity contribution < 1.29 is 8.42 Å². The Morgan fingerprint density at radius 2 is 1.52 bits per heavy atom. The van der Waals surface area contributed by atoms with Crippen molar-refractivity contribution in [2.75, 3.05) is 36.4 Å². The molecule has 2 aromatic heterocycles. The maximum Gasteiger partial charge on any atom is 0.218 e. The van der Waals surface area contributed by atoms with Crippen LogP contribution >= 0.6 is 0 Å². The average molecular weight is 439 g/mol. The van der Waals surface area contributed by atoms with Crippen LogP contribution in [0.25, 0.3) is 0 Å². The van der Waals surface area contributed by atoms with Crippen molar-refractivity contribution in [1.29, 1.82) is 0 Å². The number of sulfonamides is 1. The zero-order chi connectivity index (χ0) is 21.8. The zero-order valence-corrected chi connectivity index (χ0v) is 18.5. The van der Waals surface area contributed by atoms with E-state index in [0.717, 1.165) is 22.5 Å². The van der Waals surface area contributed by atoms with Crippen molar-refractivity contribution >= 4 is 27.5 Å². The standard InChI is InChI=1S/C22H26N6O2S/c1-17-3-6-19(7-4-17)16-31(29,30)28-13-11-27(12-14-28)22-10-9-21(25-26-22)24-20-8-5-18(2)15-23-20/h3-10,15H,11-14,16H2,1-2H3,(H,23,24,25). The first-order valence-electron chi connectivity index (χ1n) is 10.2. The lowest BCUT2D eigenvalue weighted by molar-refractivity contribution is 0.383. The van der Waals surface area contributed by atoms with Crippen LogP contribution in [0, 0.1) is 13.8 Å². The molecule has 31 heavy (non-hydrogen) atoms. The summed E-state index contributed by atoms with van der Waals surface area (Å²) >= 11 is 0. The molecule has 0 saturated carbocycles. The highest BCUT2D eigenvalue weighted by molar-refractivity contribution is 7.88. The van der Waals surface area contributed by atoms with E-state index in [0.29, 0.717) is 37.8 Å². The molecule has 3 aromatic rings. The van der Waals surface area contributed by atoms with E-state index in [9.17, 15) is 8.42 Å². The van der Waals surface area contributed by atoms with Gasteiger partial charge in [-0.3, -0.25) is 0 Å². The van der Waals surface area contributed by atoms with Crippen LogP contribution in [0.1, 0.15) is 16.7 Å². The van der Waals surface area contributed by atoms with E-state index in [1.165, 1.54) is 0 Å². The topological polar surface area (TPSA) is 91.3 Å². The molecule has 8 nitrogen and oxygen atoms in total. The van der Waals surface area contributed by atoms with Crippen molar-refractivity contribution in [3.8, 4) is 0 Å². The molecule has 4 rings (SSSR count). The molecule has 0 aliphatic carbocycles. The Morgan fingerprint density at radius 1 is 0.839 bits per heavy atom. The normalized spacial score (nSPS) is 15.1. The summed E-state index contributed by atoms with van der Waals surface area (Å²) in [6, 6.07) is 15.2. The summed E-state index contributed by atoms with van der Waals surface area (Å²) in [6.45, 7) is 6.00. The monoisotopic (exact) mass is 438 g/mol. The predicted molar refractivity (Wildman–Crippen MR) is 122 cm³/mol. The zero-order valence-electron chi connectivity index (χ0n) is 17.7. The van der Waals surface area contributed by atoms with Crippen LogP contribution in [0.15, 0.2) is 54.7 Å². The van der Waals surface area contributed by atoms with Crippen molar-refractivity contribution in [2.45, 2.75) is 19.6 Å². The van der Waals surface area contributed by atoms with Crippen LogP contribution in [0.3, 0.4) is 0 Å². The SMILES string of the molecule is Cc1ccc(CS(=O)(=O)N2CCN(c3ccc(Nc4ccc(C)cn4)nn3)CC2)cc1. The number of hydrogen-bond acceptors (Lipinski definition) is 7. The first kappa shape index (κ1) is 21.2. The van der Waals surface area contributed by atoms with E-state index < -0.39 is 10.0 Å². The number of aryl methyl sites for hydroxylation is 2. The van der Waals surface area contributed by atoms with Crippen LogP contribution < -0.4 is 10.2 Å². The van der Waals surface area contributed by atoms with Gasteiger partial charge >= 0.3 is 0 Å². The molecular formula is C22H26N6O2S. The van der Waals surface area contributed by atoms with Crippen molar-refractivity contribution in [2.24, 2.45) is 0 Å². The minimum atomic E-state index is -3.35. The predicted octanol–water partition coefficient (Wildman–Crippen LogP) is 2.88. The molecule has 1 aromatic carbocycles. The molecule has 1 N–H and O–H groups in total. The van der Waals surface area contributed by atoms with E-state index in [-0.39, 0.29) is 5.75 Å². The molecule has 1 fully saturated rings. The lowest BCUT2D eigenvalue weighted by Crippen LogP contribution is -2.49. The van der Waals surface area contributed by atoms with Gasteiger partial charge in [0.1, 0.15) is 5.82 Å². The van der Waals surface area contributed by atoms with Gasteiger partial charge in [0.25, 0.3) is 0 Å². The number of hydrogen-bond donors (Lipinski definition) is 1. The van der Waals surface area contributed by atoms with Crippen LogP contribution in [-0.4, -0.2) is 54.1 Å². The third kappa shape index (κ3) is 5.36. The number of pyridine rings is 1. The van der Waals surface area contributed by atoms with Gasteiger partial charge in [0.15, 0.2) is 11.6 Å². The lowest BCUT2D eigenvalue weighted by atomic mass is 10.2. The van der Waals surface area contributed by atoms with Crippen molar-refractivity contribution in [3.05, 3.63) is 71.4 Å². The Balaban J connectivity index is 1.33. The Labute approximate surface area is 183 Å². The van der Waals surface area contributed by atoms with Gasteiger partial charge in [-0.15, -0.1) is 10.2 Å². The average Bonchev–Trinajstić information content (AvgIpc) is 2.77. The van der Waals surface area contributed by atoms with Crippen LogP contribution in [0.4, 0.5) is 17.5 Å². The molecule has 0 bridgehead atoms. The summed E-state index contributed by atoms with van der Waals surface area (Å²) in [7, 11) is -3.35. The van der Waals surface area contributed by atoms with Gasteiger partial charge in [-0.05, 0) is 43.2 Å². The van der Waals surface area contributed by atoms with Gasteiger partial charge in [0.05, 0.1) is 5.75 Å². The summed E-state index contributed by atoms with van der Waals surface area (Å²) in [4.78, 5) is 6.35. The van der Waals surface area contributed by atoms with Crippen LogP contribution in [-0.2, 0) is 15.8 Å². The molecule has 0 unspecified atom stereocenters. The molecule has 0 radical (unpaired) electrons. The highest BCUT2D eigenvalue weighted by Crippen LogP contribution is 2.19. The largest absolute Gasteiger partial charge is 0.352 e. The fourth-order valence-electron chi connectivity index (χ4n) is 3.42. The summed E-state index contributed by atoms with van der Waals surface area (Å²) in [5.41, 5.74) is 3.02. The fraction of sp³-hybridized carbons (Fsp3) is 0.318. The summed E-state index contributed by atoms with van der Waals surface area (Å²) in [5, 5.41) is 11.6. The van der Waals surface area contributed by atoms with Crippen LogP contribution in [0.2, 0.25) is 0 Å². The number of rotatable bonds is 6. The first-order chi connectivity index (χ1) is 14.9. The van der Waals surface area contributed by atoms with Gasteiger partial charge in [-0.25, -0.2) is 13.4 Å². The van der Waals surface area contributed by atoms with E-state index in [2.05, 4.69) is 25.4 Å². The molecule has 1 saturated heterocycles. The molecule has 0 spiro atoms. The molecule has 1 aliphatic rings. The van der Waals surface area contributed by atoms with E-state index in [4.69, 9.17) is 0 Å². The molecule has 162 valence electrons. The quantitative estimate of drug-likeness (QED) is 0.633. The second-order valence-corrected chi connectivity index (χ2v) is 9.72. The number of aromatic nitrogens is 3. The number of benzene rings is 1. The van der Waals surface area contributed by atoms with Gasteiger partial charge in [-0.1, -0.05) is 35.9 Å². The molecule has 3 heterocycles. The molecule has 1 aliphatic heterocycles. The Hall–Kier alpha value is -3.04. The van der Waals surface area contributed by atoms with Crippen LogP contribution in [0.5, 0.6) is 0 Å². The third-order valence-corrected chi connectivity index (χ3v) is 7.09. The number of nitrogens with one attached hydrogen (secondary N) is 1. The lowest BCUT2D eigenvalue weighted by Gasteiger charge is -2.34. The molecular weight excluding hydrogens is 412 g/mol. The van der Waals surface area contributed by atoms with E-state index in [1.54, 1.807) is 10.5 Å². The third-order valence-electron chi connectivity index (χ3n) is 5.24. The molecule has 0 amide bonds. The van der Waals surface area contributed by atoms with Gasteiger partial charge in [0.2, 0.25) is 10.0 Å². The molecule has 9 heteroatoms. The number of nitrogens with zero attached hydrogens (tertiary/aromatic N) is 5. The second-order valence-electron chi connectivity index (χ2n) is 7.75. The summed E-state index contributed by atoms with van der Waals surface area (Å²) < 4.78 is 27.1.